The average Bonchev–Trinajstić information content (AvgIpc) is 3.39. The van der Waals surface area contributed by atoms with Crippen LogP contribution in [0, 0.1) is 0 Å². The van der Waals surface area contributed by atoms with Crippen LogP contribution >= 0.6 is 0 Å². The van der Waals surface area contributed by atoms with Gasteiger partial charge >= 0.3 is 0 Å². The van der Waals surface area contributed by atoms with Gasteiger partial charge in [0.1, 0.15) is 0 Å². The molecule has 0 nitrogen and oxygen atoms in total. The van der Waals surface area contributed by atoms with Crippen LogP contribution in [-0.2, 0) is 0 Å². The summed E-state index contributed by atoms with van der Waals surface area (Å²) in [4.78, 5) is 0. The van der Waals surface area contributed by atoms with Crippen LogP contribution < -0.4 is 0 Å². The van der Waals surface area contributed by atoms with Crippen molar-refractivity contribution in [3.05, 3.63) is 266 Å². The third-order valence-corrected chi connectivity index (χ3v) is 13.3. The predicted molar refractivity (Wildman–Crippen MR) is 284 cm³/mol. The van der Waals surface area contributed by atoms with Crippen LogP contribution in [0.2, 0.25) is 0 Å². The normalized spacial score (nSPS) is 11.6. The van der Waals surface area contributed by atoms with Gasteiger partial charge in [0, 0.05) is 0 Å². The molecule has 0 aliphatic rings. The van der Waals surface area contributed by atoms with Crippen LogP contribution in [0.15, 0.2) is 255 Å². The second-order valence-electron chi connectivity index (χ2n) is 17.1. The predicted octanol–water partition coefficient (Wildman–Crippen LogP) is 18.5. The first kappa shape index (κ1) is 39.0. The Labute approximate surface area is 386 Å². The van der Waals surface area contributed by atoms with Crippen LogP contribution in [0.5, 0.6) is 0 Å². The van der Waals surface area contributed by atoms with Crippen molar-refractivity contribution in [2.45, 2.75) is 0 Å². The lowest BCUT2D eigenvalue weighted by Crippen LogP contribution is -1.92. The molecule has 0 aromatic heterocycles. The summed E-state index contributed by atoms with van der Waals surface area (Å²) in [5, 5.41) is 10.1. The molecule has 0 amide bonds. The first-order valence-electron chi connectivity index (χ1n) is 22.8. The second kappa shape index (κ2) is 16.8. The molecule has 0 N–H and O–H groups in total. The van der Waals surface area contributed by atoms with E-state index in [0.29, 0.717) is 0 Å². The van der Waals surface area contributed by atoms with Crippen molar-refractivity contribution < 1.29 is 0 Å². The van der Waals surface area contributed by atoms with Gasteiger partial charge < -0.3 is 0 Å². The van der Waals surface area contributed by atoms with Crippen molar-refractivity contribution >= 4 is 55.2 Å². The standard InChI is InChI=1S/C66H44/c1-4-21-48(22-5-1)63-55-29-12-14-31-57(55)65(58-32-15-13-30-56(58)63)51-39-37-46(38-40-51)52-27-18-19-45(43-52)35-36-47-20-10-11-28-54(47)53-41-42-61-62(44-53)66(50-25-8-3-9-26-50)60-34-17-16-33-59(60)64(61)49-23-6-2-7-24-49/h1-44H. The summed E-state index contributed by atoms with van der Waals surface area (Å²) < 4.78 is 0. The van der Waals surface area contributed by atoms with Gasteiger partial charge in [0.15, 0.2) is 0 Å². The van der Waals surface area contributed by atoms with E-state index in [2.05, 4.69) is 267 Å². The van der Waals surface area contributed by atoms with E-state index in [9.17, 15) is 0 Å². The fraction of sp³-hybridized carbons (Fsp3) is 0. The quantitative estimate of drug-likeness (QED) is 0.106. The molecule has 0 aliphatic carbocycles. The molecule has 12 aromatic carbocycles. The fourth-order valence-electron chi connectivity index (χ4n) is 10.3. The molecule has 0 atom stereocenters. The Kier molecular flexibility index (Phi) is 9.97. The third kappa shape index (κ3) is 6.97. The smallest absolute Gasteiger partial charge is 0.00262 e. The number of hydrogen-bond donors (Lipinski definition) is 0. The summed E-state index contributed by atoms with van der Waals surface area (Å²) in [5.41, 5.74) is 17.1. The van der Waals surface area contributed by atoms with Gasteiger partial charge in [0.25, 0.3) is 0 Å². The molecule has 0 radical (unpaired) electrons. The van der Waals surface area contributed by atoms with E-state index < -0.39 is 0 Å². The van der Waals surface area contributed by atoms with E-state index in [4.69, 9.17) is 0 Å². The zero-order chi connectivity index (χ0) is 43.8. The molecular formula is C66H44. The highest BCUT2D eigenvalue weighted by molar-refractivity contribution is 6.23. The topological polar surface area (TPSA) is 0 Å². The zero-order valence-electron chi connectivity index (χ0n) is 36.4. The molecule has 0 heterocycles. The minimum atomic E-state index is 1.16. The summed E-state index contributed by atoms with van der Waals surface area (Å²) in [5.74, 6) is 0. The molecule has 0 spiro atoms. The lowest BCUT2D eigenvalue weighted by atomic mass is 9.84. The van der Waals surface area contributed by atoms with Gasteiger partial charge in [-0.25, -0.2) is 0 Å². The summed E-state index contributed by atoms with van der Waals surface area (Å²) in [6.45, 7) is 0. The van der Waals surface area contributed by atoms with Crippen molar-refractivity contribution in [2.75, 3.05) is 0 Å². The Morgan fingerprint density at radius 2 is 0.561 bits per heavy atom. The monoisotopic (exact) mass is 836 g/mol. The largest absolute Gasteiger partial charge is 0.0622 e. The molecule has 0 aliphatic heterocycles. The van der Waals surface area contributed by atoms with Crippen LogP contribution in [0.3, 0.4) is 0 Å². The summed E-state index contributed by atoms with van der Waals surface area (Å²) >= 11 is 0. The van der Waals surface area contributed by atoms with E-state index in [1.165, 1.54) is 115 Å². The van der Waals surface area contributed by atoms with E-state index in [1.807, 2.05) is 0 Å². The second-order valence-corrected chi connectivity index (χ2v) is 17.1. The zero-order valence-corrected chi connectivity index (χ0v) is 36.4. The Morgan fingerprint density at radius 3 is 1.06 bits per heavy atom. The molecule has 308 valence electrons. The van der Waals surface area contributed by atoms with Crippen molar-refractivity contribution in [1.82, 2.24) is 0 Å². The van der Waals surface area contributed by atoms with Crippen molar-refractivity contribution in [3.63, 3.8) is 0 Å². The summed E-state index contributed by atoms with van der Waals surface area (Å²) in [6, 6.07) is 92.9. The van der Waals surface area contributed by atoms with Crippen molar-refractivity contribution in [1.29, 1.82) is 0 Å². The van der Waals surface area contributed by atoms with E-state index >= 15 is 0 Å². The highest BCUT2D eigenvalue weighted by atomic mass is 14.2. The maximum Gasteiger partial charge on any atom is -0.00262 e. The Morgan fingerprint density at radius 1 is 0.197 bits per heavy atom. The Hall–Kier alpha value is -8.58. The maximum absolute atomic E-state index is 2.41. The van der Waals surface area contributed by atoms with Gasteiger partial charge in [-0.1, -0.05) is 255 Å². The van der Waals surface area contributed by atoms with Crippen LogP contribution in [-0.4, -0.2) is 0 Å². The van der Waals surface area contributed by atoms with Crippen LogP contribution in [0.4, 0.5) is 0 Å². The lowest BCUT2D eigenvalue weighted by Gasteiger charge is -2.19. The fourth-order valence-corrected chi connectivity index (χ4v) is 10.3. The average molecular weight is 837 g/mol. The van der Waals surface area contributed by atoms with Gasteiger partial charge in [-0.3, -0.25) is 0 Å². The Balaban J connectivity index is 0.906. The third-order valence-electron chi connectivity index (χ3n) is 13.3. The summed E-state index contributed by atoms with van der Waals surface area (Å²) in [6.07, 6.45) is 4.52. The van der Waals surface area contributed by atoms with Gasteiger partial charge in [-0.15, -0.1) is 0 Å². The van der Waals surface area contributed by atoms with E-state index in [1.54, 1.807) is 0 Å². The molecule has 0 heteroatoms. The number of fused-ring (bicyclic) bond motifs is 4. The van der Waals surface area contributed by atoms with Gasteiger partial charge in [-0.2, -0.15) is 0 Å². The maximum atomic E-state index is 2.41. The van der Waals surface area contributed by atoms with E-state index in [-0.39, 0.29) is 0 Å². The van der Waals surface area contributed by atoms with Crippen LogP contribution in [0.1, 0.15) is 11.1 Å². The highest BCUT2D eigenvalue weighted by Gasteiger charge is 2.19. The molecule has 0 saturated heterocycles. The minimum absolute atomic E-state index is 1.16. The highest BCUT2D eigenvalue weighted by Crippen LogP contribution is 2.46. The molecule has 12 rings (SSSR count). The molecule has 0 bridgehead atoms. The first-order chi connectivity index (χ1) is 32.8. The van der Waals surface area contributed by atoms with Crippen LogP contribution in [0.25, 0.3) is 122 Å². The summed E-state index contributed by atoms with van der Waals surface area (Å²) in [7, 11) is 0. The molecular weight excluding hydrogens is 793 g/mol. The van der Waals surface area contributed by atoms with Gasteiger partial charge in [0.2, 0.25) is 0 Å². The molecule has 0 fully saturated rings. The molecule has 12 aromatic rings. The lowest BCUT2D eigenvalue weighted by molar-refractivity contribution is 1.59. The molecule has 0 saturated carbocycles. The van der Waals surface area contributed by atoms with Gasteiger partial charge in [0.05, 0.1) is 0 Å². The van der Waals surface area contributed by atoms with Crippen molar-refractivity contribution in [2.24, 2.45) is 0 Å². The SMILES string of the molecule is C(=Cc1ccccc1-c1ccc2c(-c3ccccc3)c3ccccc3c(-c3ccccc3)c2c1)c1cccc(-c2ccc(-c3c4ccccc4c(-c4ccccc4)c4ccccc34)cc2)c1. The van der Waals surface area contributed by atoms with Crippen molar-refractivity contribution in [3.8, 4) is 66.8 Å². The Bertz CT molecular complexity index is 3710. The first-order valence-corrected chi connectivity index (χ1v) is 22.8. The van der Waals surface area contributed by atoms with Gasteiger partial charge in [-0.05, 0) is 133 Å². The number of benzene rings is 12. The van der Waals surface area contributed by atoms with E-state index in [0.717, 1.165) is 5.56 Å². The number of hydrogen-bond acceptors (Lipinski definition) is 0. The molecule has 0 unspecified atom stereocenters. The minimum Gasteiger partial charge on any atom is -0.0622 e. The molecule has 66 heavy (non-hydrogen) atoms. The number of rotatable bonds is 8.